The van der Waals surface area contributed by atoms with Crippen LogP contribution in [0.3, 0.4) is 0 Å². The molecule has 0 N–H and O–H groups in total. The Morgan fingerprint density at radius 3 is 2.48 bits per heavy atom. The van der Waals surface area contributed by atoms with Crippen LogP contribution in [0.2, 0.25) is 0 Å². The molecule has 2 aromatic heterocycles. The third-order valence-corrected chi connectivity index (χ3v) is 7.10. The van der Waals surface area contributed by atoms with Crippen LogP contribution in [0, 0.1) is 0 Å². The number of hydrogen-bond acceptors (Lipinski definition) is 2. The molecule has 0 amide bonds. The molecule has 4 aromatic carbocycles. The number of aryl methyl sites for hydroxylation is 1. The topological polar surface area (TPSA) is 26.0 Å². The minimum Gasteiger partial charge on any atom is -0.456 e. The summed E-state index contributed by atoms with van der Waals surface area (Å²) in [6, 6.07) is 30.3. The van der Waals surface area contributed by atoms with Gasteiger partial charge >= 0.3 is 0 Å². The standard InChI is InChI=1S/C31H23NO/c1-2-8-24-19-32-29(17-21(24)7-1)23-13-15-30-28(16-23)27-14-12-22(18-31(27)33-30)26-11-5-9-20-6-3-4-10-25(20)26/h1-2,5,7-9,11-19H,3-4,6,10H2. The second-order valence-electron chi connectivity index (χ2n) is 9.09. The van der Waals surface area contributed by atoms with Crippen LogP contribution in [0.4, 0.5) is 0 Å². The average Bonchev–Trinajstić information content (AvgIpc) is 3.25. The first-order valence-electron chi connectivity index (χ1n) is 11.8. The number of rotatable bonds is 2. The van der Waals surface area contributed by atoms with E-state index in [1.807, 2.05) is 12.3 Å². The van der Waals surface area contributed by atoms with Gasteiger partial charge in [0.15, 0.2) is 0 Å². The van der Waals surface area contributed by atoms with E-state index in [0.29, 0.717) is 0 Å². The van der Waals surface area contributed by atoms with Crippen LogP contribution in [0.25, 0.3) is 55.1 Å². The van der Waals surface area contributed by atoms with Crippen molar-refractivity contribution >= 4 is 32.7 Å². The van der Waals surface area contributed by atoms with Gasteiger partial charge in [0.1, 0.15) is 11.2 Å². The van der Waals surface area contributed by atoms with Crippen LogP contribution < -0.4 is 0 Å². The van der Waals surface area contributed by atoms with Crippen molar-refractivity contribution < 1.29 is 4.42 Å². The molecule has 33 heavy (non-hydrogen) atoms. The normalized spacial score (nSPS) is 13.6. The molecule has 1 aliphatic carbocycles. The Morgan fingerprint density at radius 1 is 0.636 bits per heavy atom. The molecule has 2 heteroatoms. The van der Waals surface area contributed by atoms with Gasteiger partial charge in [-0.3, -0.25) is 4.98 Å². The van der Waals surface area contributed by atoms with Crippen LogP contribution in [-0.2, 0) is 12.8 Å². The predicted molar refractivity (Wildman–Crippen MR) is 137 cm³/mol. The second kappa shape index (κ2) is 7.31. The smallest absolute Gasteiger partial charge is 0.136 e. The zero-order chi connectivity index (χ0) is 21.8. The van der Waals surface area contributed by atoms with Gasteiger partial charge in [-0.25, -0.2) is 0 Å². The van der Waals surface area contributed by atoms with E-state index >= 15 is 0 Å². The third-order valence-electron chi connectivity index (χ3n) is 7.10. The number of nitrogens with zero attached hydrogens (tertiary/aromatic N) is 1. The van der Waals surface area contributed by atoms with E-state index in [1.165, 1.54) is 53.3 Å². The summed E-state index contributed by atoms with van der Waals surface area (Å²) in [5.41, 5.74) is 9.59. The van der Waals surface area contributed by atoms with Crippen LogP contribution in [0.15, 0.2) is 95.5 Å². The molecule has 2 nitrogen and oxygen atoms in total. The Hall–Kier alpha value is -3.91. The lowest BCUT2D eigenvalue weighted by atomic mass is 9.86. The molecule has 158 valence electrons. The maximum atomic E-state index is 6.30. The van der Waals surface area contributed by atoms with E-state index in [4.69, 9.17) is 9.40 Å². The number of fused-ring (bicyclic) bond motifs is 5. The van der Waals surface area contributed by atoms with Gasteiger partial charge in [-0.2, -0.15) is 0 Å². The zero-order valence-corrected chi connectivity index (χ0v) is 18.3. The van der Waals surface area contributed by atoms with E-state index in [2.05, 4.69) is 78.9 Å². The zero-order valence-electron chi connectivity index (χ0n) is 18.3. The summed E-state index contributed by atoms with van der Waals surface area (Å²) >= 11 is 0. The monoisotopic (exact) mass is 425 g/mol. The third kappa shape index (κ3) is 3.06. The fourth-order valence-electron chi connectivity index (χ4n) is 5.40. The average molecular weight is 426 g/mol. The molecule has 0 saturated carbocycles. The highest BCUT2D eigenvalue weighted by Gasteiger charge is 2.16. The SMILES string of the molecule is c1cc2c(c(-c3ccc4c(c3)oc3ccc(-c5cc6ccccc6cn5)cc34)c1)CCCC2. The van der Waals surface area contributed by atoms with Crippen molar-refractivity contribution in [3.05, 3.63) is 102 Å². The van der Waals surface area contributed by atoms with Gasteiger partial charge in [0, 0.05) is 27.9 Å². The first kappa shape index (κ1) is 18.6. The van der Waals surface area contributed by atoms with Crippen LogP contribution in [0.5, 0.6) is 0 Å². The minimum absolute atomic E-state index is 0.918. The largest absolute Gasteiger partial charge is 0.456 e. The van der Waals surface area contributed by atoms with E-state index in [0.717, 1.165) is 38.6 Å². The van der Waals surface area contributed by atoms with Gasteiger partial charge in [0.2, 0.25) is 0 Å². The quantitative estimate of drug-likeness (QED) is 0.279. The lowest BCUT2D eigenvalue weighted by Gasteiger charge is -2.19. The highest BCUT2D eigenvalue weighted by atomic mass is 16.3. The molecule has 0 unspecified atom stereocenters. The van der Waals surface area contributed by atoms with Gasteiger partial charge in [0.25, 0.3) is 0 Å². The van der Waals surface area contributed by atoms with Gasteiger partial charge in [-0.15, -0.1) is 0 Å². The van der Waals surface area contributed by atoms with Gasteiger partial charge in [-0.05, 0) is 89.7 Å². The van der Waals surface area contributed by atoms with Crippen LogP contribution >= 0.6 is 0 Å². The fraction of sp³-hybridized carbons (Fsp3) is 0.129. The summed E-state index contributed by atoms with van der Waals surface area (Å²) in [5.74, 6) is 0. The predicted octanol–water partition coefficient (Wildman–Crippen LogP) is 8.35. The van der Waals surface area contributed by atoms with Gasteiger partial charge in [-0.1, -0.05) is 48.5 Å². The van der Waals surface area contributed by atoms with Gasteiger partial charge in [0.05, 0.1) is 5.69 Å². The molecule has 0 bridgehead atoms. The lowest BCUT2D eigenvalue weighted by Crippen LogP contribution is -2.04. The number of furan rings is 1. The Bertz CT molecular complexity index is 1670. The number of hydrogen-bond donors (Lipinski definition) is 0. The summed E-state index contributed by atoms with van der Waals surface area (Å²) in [6.07, 6.45) is 6.90. The summed E-state index contributed by atoms with van der Waals surface area (Å²) in [6.45, 7) is 0. The summed E-state index contributed by atoms with van der Waals surface area (Å²) < 4.78 is 6.30. The van der Waals surface area contributed by atoms with Crippen LogP contribution in [0.1, 0.15) is 24.0 Å². The molecule has 0 radical (unpaired) electrons. The Morgan fingerprint density at radius 2 is 1.52 bits per heavy atom. The first-order valence-corrected chi connectivity index (χ1v) is 11.8. The Balaban J connectivity index is 1.35. The van der Waals surface area contributed by atoms with Crippen molar-refractivity contribution in [1.29, 1.82) is 0 Å². The molecule has 6 aromatic rings. The molecule has 0 fully saturated rings. The highest BCUT2D eigenvalue weighted by molar-refractivity contribution is 6.07. The number of aromatic nitrogens is 1. The van der Waals surface area contributed by atoms with Crippen LogP contribution in [-0.4, -0.2) is 4.98 Å². The van der Waals surface area contributed by atoms with E-state index in [1.54, 1.807) is 0 Å². The van der Waals surface area contributed by atoms with Crippen molar-refractivity contribution in [2.45, 2.75) is 25.7 Å². The summed E-state index contributed by atoms with van der Waals surface area (Å²) in [7, 11) is 0. The van der Waals surface area contributed by atoms with E-state index < -0.39 is 0 Å². The maximum Gasteiger partial charge on any atom is 0.136 e. The second-order valence-corrected chi connectivity index (χ2v) is 9.09. The molecule has 0 spiro atoms. The molecule has 2 heterocycles. The molecular formula is C31H23NO. The fourth-order valence-corrected chi connectivity index (χ4v) is 5.40. The van der Waals surface area contributed by atoms with Crippen molar-refractivity contribution in [1.82, 2.24) is 4.98 Å². The maximum absolute atomic E-state index is 6.30. The van der Waals surface area contributed by atoms with Crippen molar-refractivity contribution in [2.24, 2.45) is 0 Å². The molecule has 0 atom stereocenters. The number of pyridine rings is 1. The van der Waals surface area contributed by atoms with Crippen molar-refractivity contribution in [3.8, 4) is 22.4 Å². The minimum atomic E-state index is 0.918. The Labute approximate surface area is 192 Å². The first-order chi connectivity index (χ1) is 16.3. The summed E-state index contributed by atoms with van der Waals surface area (Å²) in [5, 5.41) is 4.66. The molecule has 7 rings (SSSR count). The highest BCUT2D eigenvalue weighted by Crippen LogP contribution is 2.37. The molecule has 0 saturated heterocycles. The van der Waals surface area contributed by atoms with Gasteiger partial charge < -0.3 is 4.42 Å². The van der Waals surface area contributed by atoms with Crippen molar-refractivity contribution in [3.63, 3.8) is 0 Å². The molecule has 1 aliphatic rings. The molecular weight excluding hydrogens is 402 g/mol. The van der Waals surface area contributed by atoms with E-state index in [9.17, 15) is 0 Å². The van der Waals surface area contributed by atoms with E-state index in [-0.39, 0.29) is 0 Å². The summed E-state index contributed by atoms with van der Waals surface area (Å²) in [4.78, 5) is 4.71. The lowest BCUT2D eigenvalue weighted by molar-refractivity contribution is 0.669. The van der Waals surface area contributed by atoms with Crippen molar-refractivity contribution in [2.75, 3.05) is 0 Å². The molecule has 0 aliphatic heterocycles. The Kier molecular flexibility index (Phi) is 4.13. The number of benzene rings is 4.